The molecular formula is C23H21F2NO3. The normalized spacial score (nSPS) is 26.6. The van der Waals surface area contributed by atoms with Gasteiger partial charge in [0.25, 0.3) is 5.92 Å². The summed E-state index contributed by atoms with van der Waals surface area (Å²) in [4.78, 5) is 26.1. The molecular weight excluding hydrogens is 376 g/mol. The number of nitrogens with zero attached hydrogens (tertiary/aromatic N) is 1. The summed E-state index contributed by atoms with van der Waals surface area (Å²) >= 11 is 0. The van der Waals surface area contributed by atoms with E-state index in [2.05, 4.69) is 0 Å². The monoisotopic (exact) mass is 397 g/mol. The van der Waals surface area contributed by atoms with E-state index in [9.17, 15) is 18.4 Å². The third kappa shape index (κ3) is 2.81. The van der Waals surface area contributed by atoms with Crippen LogP contribution in [0.2, 0.25) is 0 Å². The molecule has 6 heteroatoms. The molecule has 3 aliphatic rings. The number of hydrogen-bond acceptors (Lipinski definition) is 3. The van der Waals surface area contributed by atoms with Gasteiger partial charge in [0, 0.05) is 24.2 Å². The Morgan fingerprint density at radius 1 is 1.17 bits per heavy atom. The van der Waals surface area contributed by atoms with Crippen LogP contribution in [0.4, 0.5) is 8.78 Å². The fourth-order valence-corrected chi connectivity index (χ4v) is 5.03. The quantitative estimate of drug-likeness (QED) is 0.742. The van der Waals surface area contributed by atoms with Crippen molar-refractivity contribution in [1.29, 1.82) is 0 Å². The van der Waals surface area contributed by atoms with E-state index in [1.807, 2.05) is 0 Å². The fraction of sp³-hybridized carbons (Fsp3) is 0.391. The summed E-state index contributed by atoms with van der Waals surface area (Å²) in [6.07, 6.45) is 3.21. The predicted octanol–water partition coefficient (Wildman–Crippen LogP) is 3.70. The van der Waals surface area contributed by atoms with Crippen LogP contribution in [0.15, 0.2) is 42.5 Å². The molecule has 2 heterocycles. The molecule has 0 saturated carbocycles. The fourth-order valence-electron chi connectivity index (χ4n) is 5.03. The molecule has 2 atom stereocenters. The molecule has 5 rings (SSSR count). The molecule has 2 fully saturated rings. The topological polar surface area (TPSA) is 46.6 Å². The van der Waals surface area contributed by atoms with Crippen molar-refractivity contribution in [2.24, 2.45) is 0 Å². The number of rotatable bonds is 3. The molecule has 0 N–H and O–H groups in total. The highest BCUT2D eigenvalue weighted by molar-refractivity contribution is 5.85. The van der Waals surface area contributed by atoms with E-state index in [-0.39, 0.29) is 23.5 Å². The highest BCUT2D eigenvalue weighted by Gasteiger charge is 2.48. The Hall–Kier alpha value is -2.60. The first-order valence-corrected chi connectivity index (χ1v) is 9.93. The van der Waals surface area contributed by atoms with Crippen LogP contribution in [-0.4, -0.2) is 41.9 Å². The second-order valence-corrected chi connectivity index (χ2v) is 8.24. The average Bonchev–Trinajstić information content (AvgIpc) is 3.39. The highest BCUT2D eigenvalue weighted by Crippen LogP contribution is 2.51. The molecule has 2 aliphatic heterocycles. The SMILES string of the molecule is O=CC1CC2(CCCO2)CN1C(=O)Cc1ccc2c(c1)-c1ccccc1C2(F)F. The van der Waals surface area contributed by atoms with Gasteiger partial charge in [0.2, 0.25) is 5.91 Å². The first-order valence-electron chi connectivity index (χ1n) is 9.93. The molecule has 0 bridgehead atoms. The third-order valence-electron chi connectivity index (χ3n) is 6.44. The van der Waals surface area contributed by atoms with Crippen LogP contribution in [0.1, 0.15) is 36.0 Å². The summed E-state index contributed by atoms with van der Waals surface area (Å²) < 4.78 is 35.3. The van der Waals surface area contributed by atoms with Crippen molar-refractivity contribution >= 4 is 12.2 Å². The maximum absolute atomic E-state index is 14.7. The van der Waals surface area contributed by atoms with Crippen molar-refractivity contribution in [2.75, 3.05) is 13.2 Å². The van der Waals surface area contributed by atoms with E-state index < -0.39 is 17.6 Å². The molecule has 0 aromatic heterocycles. The Labute approximate surface area is 167 Å². The van der Waals surface area contributed by atoms with Crippen molar-refractivity contribution in [3.63, 3.8) is 0 Å². The lowest BCUT2D eigenvalue weighted by molar-refractivity contribution is -0.134. The summed E-state index contributed by atoms with van der Waals surface area (Å²) in [7, 11) is 0. The van der Waals surface area contributed by atoms with Crippen LogP contribution in [0.25, 0.3) is 11.1 Å². The van der Waals surface area contributed by atoms with Crippen molar-refractivity contribution in [3.8, 4) is 11.1 Å². The Kier molecular flexibility index (Phi) is 4.10. The van der Waals surface area contributed by atoms with Gasteiger partial charge >= 0.3 is 0 Å². The summed E-state index contributed by atoms with van der Waals surface area (Å²) in [6.45, 7) is 1.08. The lowest BCUT2D eigenvalue weighted by atomic mass is 9.97. The number of alkyl halides is 2. The average molecular weight is 397 g/mol. The van der Waals surface area contributed by atoms with Gasteiger partial charge in [-0.25, -0.2) is 0 Å². The minimum atomic E-state index is -3.03. The van der Waals surface area contributed by atoms with Gasteiger partial charge in [-0.15, -0.1) is 0 Å². The van der Waals surface area contributed by atoms with Crippen molar-refractivity contribution in [2.45, 2.75) is 43.2 Å². The largest absolute Gasteiger partial charge is 0.373 e. The second kappa shape index (κ2) is 6.46. The highest BCUT2D eigenvalue weighted by atomic mass is 19.3. The standard InChI is InChI=1S/C23H21F2NO3/c24-23(25)19-5-2-1-4-17(19)18-10-15(6-7-20(18)23)11-21(28)26-14-22(8-3-9-29-22)12-16(26)13-27/h1-2,4-7,10,13,16H,3,8-9,11-12,14H2. The van der Waals surface area contributed by atoms with Crippen molar-refractivity contribution < 1.29 is 23.1 Å². The van der Waals surface area contributed by atoms with E-state index >= 15 is 0 Å². The van der Waals surface area contributed by atoms with Crippen LogP contribution in [-0.2, 0) is 26.7 Å². The first-order chi connectivity index (χ1) is 13.9. The third-order valence-corrected chi connectivity index (χ3v) is 6.44. The molecule has 1 amide bonds. The number of carbonyl (C=O) groups excluding carboxylic acids is 2. The van der Waals surface area contributed by atoms with E-state index in [1.165, 1.54) is 12.1 Å². The molecule has 0 radical (unpaired) electrons. The second-order valence-electron chi connectivity index (χ2n) is 8.24. The van der Waals surface area contributed by atoms with Crippen molar-refractivity contribution in [3.05, 3.63) is 59.2 Å². The lowest BCUT2D eigenvalue weighted by Crippen LogP contribution is -2.39. The van der Waals surface area contributed by atoms with E-state index in [4.69, 9.17) is 4.74 Å². The molecule has 29 heavy (non-hydrogen) atoms. The zero-order chi connectivity index (χ0) is 20.2. The van der Waals surface area contributed by atoms with Gasteiger partial charge in [0.05, 0.1) is 24.6 Å². The Morgan fingerprint density at radius 2 is 1.97 bits per heavy atom. The Morgan fingerprint density at radius 3 is 2.72 bits per heavy atom. The molecule has 4 nitrogen and oxygen atoms in total. The van der Waals surface area contributed by atoms with Crippen LogP contribution in [0.3, 0.4) is 0 Å². The van der Waals surface area contributed by atoms with E-state index in [0.717, 1.165) is 19.1 Å². The number of likely N-dealkylation sites (tertiary alicyclic amines) is 1. The number of aldehydes is 1. The number of fused-ring (bicyclic) bond motifs is 3. The van der Waals surface area contributed by atoms with Gasteiger partial charge in [0.15, 0.2) is 0 Å². The summed E-state index contributed by atoms with van der Waals surface area (Å²) in [5, 5.41) is 0. The van der Waals surface area contributed by atoms with Crippen LogP contribution in [0, 0.1) is 0 Å². The number of benzene rings is 2. The Bertz CT molecular complexity index is 997. The maximum Gasteiger partial charge on any atom is 0.299 e. The zero-order valence-electron chi connectivity index (χ0n) is 15.9. The smallest absolute Gasteiger partial charge is 0.299 e. The lowest BCUT2D eigenvalue weighted by Gasteiger charge is -2.23. The number of amides is 1. The van der Waals surface area contributed by atoms with Gasteiger partial charge in [-0.2, -0.15) is 8.78 Å². The van der Waals surface area contributed by atoms with Gasteiger partial charge in [-0.3, -0.25) is 4.79 Å². The van der Waals surface area contributed by atoms with Gasteiger partial charge in [-0.1, -0.05) is 42.5 Å². The number of carbonyl (C=O) groups is 2. The first kappa shape index (κ1) is 18.4. The Balaban J connectivity index is 1.41. The molecule has 2 aromatic carbocycles. The summed E-state index contributed by atoms with van der Waals surface area (Å²) in [6, 6.07) is 10.7. The molecule has 150 valence electrons. The molecule has 2 unspecified atom stereocenters. The van der Waals surface area contributed by atoms with Gasteiger partial charge < -0.3 is 14.4 Å². The van der Waals surface area contributed by atoms with Gasteiger partial charge in [0.1, 0.15) is 6.29 Å². The molecule has 1 spiro atoms. The molecule has 1 aliphatic carbocycles. The maximum atomic E-state index is 14.7. The summed E-state index contributed by atoms with van der Waals surface area (Å²) in [5.41, 5.74) is 1.21. The minimum absolute atomic E-state index is 0.000590. The zero-order valence-corrected chi connectivity index (χ0v) is 15.9. The van der Waals surface area contributed by atoms with E-state index in [0.29, 0.717) is 36.3 Å². The van der Waals surface area contributed by atoms with Crippen LogP contribution in [0.5, 0.6) is 0 Å². The minimum Gasteiger partial charge on any atom is -0.373 e. The van der Waals surface area contributed by atoms with Crippen molar-refractivity contribution in [1.82, 2.24) is 4.90 Å². The van der Waals surface area contributed by atoms with Crippen LogP contribution >= 0.6 is 0 Å². The molecule has 2 saturated heterocycles. The predicted molar refractivity (Wildman–Crippen MR) is 103 cm³/mol. The van der Waals surface area contributed by atoms with Gasteiger partial charge in [-0.05, 0) is 29.5 Å². The number of ether oxygens (including phenoxy) is 1. The number of halogens is 2. The van der Waals surface area contributed by atoms with E-state index in [1.54, 1.807) is 35.2 Å². The van der Waals surface area contributed by atoms with Crippen LogP contribution < -0.4 is 0 Å². The summed E-state index contributed by atoms with van der Waals surface area (Å²) in [5.74, 6) is -3.20. The molecule has 2 aromatic rings. The number of hydrogen-bond donors (Lipinski definition) is 0.